The van der Waals surface area contributed by atoms with Crippen molar-refractivity contribution in [3.05, 3.63) is 64.1 Å². The molecule has 0 amide bonds. The minimum Gasteiger partial charge on any atom is -0.202 e. The van der Waals surface area contributed by atoms with E-state index in [1.165, 1.54) is 36.5 Å². The van der Waals surface area contributed by atoms with Gasteiger partial charge in [-0.15, -0.1) is 0 Å². The molecular formula is C15H13BrF2N2O2S. The van der Waals surface area contributed by atoms with Crippen molar-refractivity contribution in [1.29, 1.82) is 0 Å². The predicted molar refractivity (Wildman–Crippen MR) is 88.1 cm³/mol. The molecule has 0 bridgehead atoms. The van der Waals surface area contributed by atoms with Gasteiger partial charge in [-0.05, 0) is 23.8 Å². The molecular weight excluding hydrogens is 390 g/mol. The first-order valence-electron chi connectivity index (χ1n) is 6.48. The Morgan fingerprint density at radius 1 is 1.17 bits per heavy atom. The summed E-state index contributed by atoms with van der Waals surface area (Å²) in [5, 5.41) is 3.65. The zero-order valence-electron chi connectivity index (χ0n) is 12.0. The Hall–Kier alpha value is -1.80. The molecule has 0 saturated carbocycles. The molecule has 2 aromatic carbocycles. The largest absolute Gasteiger partial charge is 0.276 e. The average molecular weight is 403 g/mol. The summed E-state index contributed by atoms with van der Waals surface area (Å²) in [5.41, 5.74) is 0.320. The number of rotatable bonds is 5. The average Bonchev–Trinajstić information content (AvgIpc) is 2.47. The lowest BCUT2D eigenvalue weighted by Crippen LogP contribution is -2.18. The van der Waals surface area contributed by atoms with E-state index in [4.69, 9.17) is 0 Å². The van der Waals surface area contributed by atoms with Crippen LogP contribution in [-0.4, -0.2) is 14.6 Å². The predicted octanol–water partition coefficient (Wildman–Crippen LogP) is 3.87. The van der Waals surface area contributed by atoms with E-state index in [1.807, 2.05) is 0 Å². The Balaban J connectivity index is 2.14. The van der Waals surface area contributed by atoms with Crippen molar-refractivity contribution in [3.8, 4) is 0 Å². The summed E-state index contributed by atoms with van der Waals surface area (Å²) < 4.78 is 50.7. The van der Waals surface area contributed by atoms with Crippen molar-refractivity contribution >= 4 is 32.2 Å². The summed E-state index contributed by atoms with van der Waals surface area (Å²) in [5.74, 6) is -2.97. The lowest BCUT2D eigenvalue weighted by atomic mass is 10.1. The molecule has 122 valence electrons. The molecule has 0 aromatic heterocycles. The number of hydrogen-bond donors (Lipinski definition) is 1. The van der Waals surface area contributed by atoms with E-state index in [1.54, 1.807) is 18.2 Å². The Bertz CT molecular complexity index is 819. The highest BCUT2D eigenvalue weighted by Crippen LogP contribution is 2.33. The molecule has 0 heterocycles. The van der Waals surface area contributed by atoms with Crippen LogP contribution in [0.5, 0.6) is 0 Å². The second-order valence-electron chi connectivity index (χ2n) is 4.79. The Kier molecular flexibility index (Phi) is 5.16. The van der Waals surface area contributed by atoms with Crippen molar-refractivity contribution in [1.82, 2.24) is 4.83 Å². The molecule has 0 aliphatic heterocycles. The van der Waals surface area contributed by atoms with Crippen LogP contribution in [0.1, 0.15) is 18.1 Å². The van der Waals surface area contributed by atoms with Crippen LogP contribution in [0.15, 0.2) is 63.0 Å². The van der Waals surface area contributed by atoms with Crippen molar-refractivity contribution in [3.63, 3.8) is 0 Å². The monoisotopic (exact) mass is 402 g/mol. The highest BCUT2D eigenvalue weighted by molar-refractivity contribution is 9.10. The van der Waals surface area contributed by atoms with E-state index in [0.29, 0.717) is 5.56 Å². The van der Waals surface area contributed by atoms with Crippen molar-refractivity contribution in [2.45, 2.75) is 17.7 Å². The smallest absolute Gasteiger partial charge is 0.202 e. The van der Waals surface area contributed by atoms with E-state index in [0.717, 1.165) is 6.92 Å². The summed E-state index contributed by atoms with van der Waals surface area (Å²) in [6.07, 6.45) is 1.24. The van der Waals surface area contributed by atoms with Gasteiger partial charge < -0.3 is 0 Å². The molecule has 0 unspecified atom stereocenters. The lowest BCUT2D eigenvalue weighted by molar-refractivity contribution is 0.0167. The minimum atomic E-state index is -3.75. The van der Waals surface area contributed by atoms with E-state index < -0.39 is 15.9 Å². The van der Waals surface area contributed by atoms with Crippen LogP contribution in [0.4, 0.5) is 8.78 Å². The molecule has 0 fully saturated rings. The first kappa shape index (κ1) is 17.6. The summed E-state index contributed by atoms with van der Waals surface area (Å²) in [7, 11) is -3.75. The van der Waals surface area contributed by atoms with Gasteiger partial charge in [-0.25, -0.2) is 13.6 Å². The maximum absolute atomic E-state index is 13.3. The van der Waals surface area contributed by atoms with Gasteiger partial charge in [0.05, 0.1) is 11.1 Å². The molecule has 0 radical (unpaired) electrons. The van der Waals surface area contributed by atoms with Crippen LogP contribution >= 0.6 is 15.9 Å². The lowest BCUT2D eigenvalue weighted by Gasteiger charge is -2.12. The van der Waals surface area contributed by atoms with Gasteiger partial charge in [0.15, 0.2) is 0 Å². The number of nitrogens with zero attached hydrogens (tertiary/aromatic N) is 1. The van der Waals surface area contributed by atoms with Gasteiger partial charge in [-0.3, -0.25) is 0 Å². The zero-order chi connectivity index (χ0) is 17.1. The van der Waals surface area contributed by atoms with Gasteiger partial charge in [-0.1, -0.05) is 46.3 Å². The van der Waals surface area contributed by atoms with Gasteiger partial charge in [0, 0.05) is 17.0 Å². The maximum atomic E-state index is 13.3. The molecule has 0 saturated heterocycles. The van der Waals surface area contributed by atoms with E-state index in [9.17, 15) is 17.2 Å². The summed E-state index contributed by atoms with van der Waals surface area (Å²) in [4.78, 5) is 2.15. The van der Waals surface area contributed by atoms with Crippen LogP contribution in [0.25, 0.3) is 0 Å². The fourth-order valence-corrected chi connectivity index (χ4v) is 3.35. The number of alkyl halides is 2. The number of nitrogens with one attached hydrogen (secondary N) is 1. The molecule has 2 aromatic rings. The molecule has 4 nitrogen and oxygen atoms in total. The SMILES string of the molecule is CC(F)(F)c1ccc(/C=N\NS(=O)(=O)c2ccccc2)cc1Br. The third-order valence-electron chi connectivity index (χ3n) is 2.91. The number of benzene rings is 2. The summed E-state index contributed by atoms with van der Waals surface area (Å²) in [6.45, 7) is 0.800. The molecule has 1 N–H and O–H groups in total. The van der Waals surface area contributed by atoms with Crippen LogP contribution in [0.2, 0.25) is 0 Å². The zero-order valence-corrected chi connectivity index (χ0v) is 14.4. The van der Waals surface area contributed by atoms with E-state index in [-0.39, 0.29) is 14.9 Å². The highest BCUT2D eigenvalue weighted by Gasteiger charge is 2.26. The van der Waals surface area contributed by atoms with Crippen LogP contribution in [-0.2, 0) is 15.9 Å². The van der Waals surface area contributed by atoms with Gasteiger partial charge in [-0.2, -0.15) is 13.5 Å². The molecule has 0 aliphatic carbocycles. The van der Waals surface area contributed by atoms with Crippen molar-refractivity contribution in [2.75, 3.05) is 0 Å². The Labute approximate surface area is 141 Å². The summed E-state index contributed by atoms with van der Waals surface area (Å²) in [6, 6.07) is 11.9. The molecule has 0 atom stereocenters. The van der Waals surface area contributed by atoms with Gasteiger partial charge in [0.25, 0.3) is 15.9 Å². The minimum absolute atomic E-state index is 0.0827. The van der Waals surface area contributed by atoms with Gasteiger partial charge >= 0.3 is 0 Å². The van der Waals surface area contributed by atoms with Gasteiger partial charge in [0.1, 0.15) is 0 Å². The Morgan fingerprint density at radius 3 is 2.39 bits per heavy atom. The summed E-state index contributed by atoms with van der Waals surface area (Å²) >= 11 is 3.07. The van der Waals surface area contributed by atoms with Gasteiger partial charge in [0.2, 0.25) is 0 Å². The quantitative estimate of drug-likeness (QED) is 0.609. The number of sulfonamides is 1. The number of hydrazone groups is 1. The third-order valence-corrected chi connectivity index (χ3v) is 4.80. The maximum Gasteiger partial charge on any atom is 0.276 e. The topological polar surface area (TPSA) is 58.5 Å². The van der Waals surface area contributed by atoms with E-state index >= 15 is 0 Å². The molecule has 23 heavy (non-hydrogen) atoms. The molecule has 2 rings (SSSR count). The highest BCUT2D eigenvalue weighted by atomic mass is 79.9. The van der Waals surface area contributed by atoms with Crippen LogP contribution in [0, 0.1) is 0 Å². The van der Waals surface area contributed by atoms with E-state index in [2.05, 4.69) is 25.9 Å². The normalized spacial score (nSPS) is 12.5. The van der Waals surface area contributed by atoms with Crippen molar-refractivity contribution < 1.29 is 17.2 Å². The third kappa shape index (κ3) is 4.59. The van der Waals surface area contributed by atoms with Crippen LogP contribution in [0.3, 0.4) is 0 Å². The first-order valence-corrected chi connectivity index (χ1v) is 8.75. The fourth-order valence-electron chi connectivity index (χ4n) is 1.79. The number of hydrogen-bond acceptors (Lipinski definition) is 3. The van der Waals surface area contributed by atoms with Crippen LogP contribution < -0.4 is 4.83 Å². The first-order chi connectivity index (χ1) is 10.7. The standard InChI is InChI=1S/C15H13BrF2N2O2S/c1-15(17,18)13-8-7-11(9-14(13)16)10-19-20-23(21,22)12-5-3-2-4-6-12/h2-10,20H,1H3/b19-10-. The second kappa shape index (κ2) is 6.76. The fraction of sp³-hybridized carbons (Fsp3) is 0.133. The Morgan fingerprint density at radius 2 is 1.83 bits per heavy atom. The van der Waals surface area contributed by atoms with Crippen molar-refractivity contribution in [2.24, 2.45) is 5.10 Å². The number of halogens is 3. The second-order valence-corrected chi connectivity index (χ2v) is 7.31. The molecule has 0 aliphatic rings. The molecule has 8 heteroatoms. The molecule has 0 spiro atoms.